The number of rotatable bonds is 3. The quantitative estimate of drug-likeness (QED) is 0.786. The molecule has 0 aromatic carbocycles. The highest BCUT2D eigenvalue weighted by Crippen LogP contribution is 2.20. The van der Waals surface area contributed by atoms with E-state index in [-0.39, 0.29) is 5.82 Å². The molecule has 0 aliphatic rings. The first-order chi connectivity index (χ1) is 7.47. The van der Waals surface area contributed by atoms with Crippen molar-refractivity contribution >= 4 is 5.82 Å². The largest absolute Gasteiger partial charge is 0.351 e. The number of hydrogen-bond donors (Lipinski definition) is 0. The summed E-state index contributed by atoms with van der Waals surface area (Å²) in [5.74, 6) is 0.200. The van der Waals surface area contributed by atoms with E-state index in [4.69, 9.17) is 5.26 Å². The molecule has 0 aliphatic carbocycles. The Kier molecular flexibility index (Phi) is 3.72. The van der Waals surface area contributed by atoms with Crippen molar-refractivity contribution in [3.8, 4) is 6.07 Å². The van der Waals surface area contributed by atoms with Crippen LogP contribution in [0.5, 0.6) is 0 Å². The predicted molar refractivity (Wildman–Crippen MR) is 55.5 cm³/mol. The van der Waals surface area contributed by atoms with Crippen LogP contribution in [0.25, 0.3) is 0 Å². The van der Waals surface area contributed by atoms with Crippen LogP contribution in [-0.2, 0) is 0 Å². The van der Waals surface area contributed by atoms with Gasteiger partial charge in [0.25, 0.3) is 6.43 Å². The summed E-state index contributed by atoms with van der Waals surface area (Å²) in [7, 11) is 1.46. The van der Waals surface area contributed by atoms with Crippen LogP contribution >= 0.6 is 0 Å². The van der Waals surface area contributed by atoms with Crippen molar-refractivity contribution in [3.05, 3.63) is 16.8 Å². The van der Waals surface area contributed by atoms with Crippen LogP contribution in [0.4, 0.5) is 14.6 Å². The zero-order valence-corrected chi connectivity index (χ0v) is 9.33. The maximum absolute atomic E-state index is 12.2. The van der Waals surface area contributed by atoms with Gasteiger partial charge < -0.3 is 4.90 Å². The zero-order chi connectivity index (χ0) is 12.3. The standard InChI is InChI=1S/C10H12F2N4/c1-6-7(2)14-15-10(8(6)4-13)16(3)5-9(11)12/h9H,5H2,1-3H3. The Balaban J connectivity index is 3.15. The van der Waals surface area contributed by atoms with Gasteiger partial charge in [0.1, 0.15) is 11.6 Å². The number of nitrogens with zero attached hydrogens (tertiary/aromatic N) is 4. The molecule has 1 aromatic rings. The summed E-state index contributed by atoms with van der Waals surface area (Å²) in [6.07, 6.45) is -2.47. The van der Waals surface area contributed by atoms with Gasteiger partial charge in [0, 0.05) is 7.05 Å². The molecule has 86 valence electrons. The minimum Gasteiger partial charge on any atom is -0.351 e. The van der Waals surface area contributed by atoms with Gasteiger partial charge in [-0.25, -0.2) is 8.78 Å². The average Bonchev–Trinajstić information content (AvgIpc) is 2.20. The van der Waals surface area contributed by atoms with Gasteiger partial charge in [-0.2, -0.15) is 10.4 Å². The fourth-order valence-corrected chi connectivity index (χ4v) is 1.29. The van der Waals surface area contributed by atoms with Gasteiger partial charge in [-0.05, 0) is 19.4 Å². The summed E-state index contributed by atoms with van der Waals surface area (Å²) in [5, 5.41) is 16.6. The molecule has 0 saturated carbocycles. The third kappa shape index (κ3) is 2.42. The van der Waals surface area contributed by atoms with Gasteiger partial charge in [-0.1, -0.05) is 0 Å². The molecule has 0 atom stereocenters. The third-order valence-electron chi connectivity index (χ3n) is 2.32. The molecule has 0 amide bonds. The monoisotopic (exact) mass is 226 g/mol. The van der Waals surface area contributed by atoms with Crippen molar-refractivity contribution in [2.24, 2.45) is 0 Å². The summed E-state index contributed by atoms with van der Waals surface area (Å²) in [4.78, 5) is 1.24. The molecule has 1 aromatic heterocycles. The lowest BCUT2D eigenvalue weighted by Gasteiger charge is -2.19. The van der Waals surface area contributed by atoms with Gasteiger partial charge in [-0.15, -0.1) is 5.10 Å². The first kappa shape index (κ1) is 12.3. The molecular formula is C10H12F2N4. The number of aromatic nitrogens is 2. The van der Waals surface area contributed by atoms with E-state index in [1.165, 1.54) is 11.9 Å². The smallest absolute Gasteiger partial charge is 0.255 e. The molecule has 0 N–H and O–H groups in total. The number of alkyl halides is 2. The second kappa shape index (κ2) is 4.84. The Labute approximate surface area is 92.5 Å². The van der Waals surface area contributed by atoms with Gasteiger partial charge >= 0.3 is 0 Å². The van der Waals surface area contributed by atoms with Crippen LogP contribution in [0, 0.1) is 25.2 Å². The van der Waals surface area contributed by atoms with E-state index in [1.807, 2.05) is 6.07 Å². The Morgan fingerprint density at radius 3 is 2.50 bits per heavy atom. The highest BCUT2D eigenvalue weighted by molar-refractivity contribution is 5.57. The molecule has 0 fully saturated rings. The van der Waals surface area contributed by atoms with E-state index in [9.17, 15) is 8.78 Å². The molecule has 0 saturated heterocycles. The lowest BCUT2D eigenvalue weighted by Crippen LogP contribution is -2.26. The van der Waals surface area contributed by atoms with Crippen molar-refractivity contribution in [2.75, 3.05) is 18.5 Å². The number of anilines is 1. The molecule has 1 rings (SSSR count). The summed E-state index contributed by atoms with van der Waals surface area (Å²) in [6.45, 7) is 2.98. The molecule has 0 aliphatic heterocycles. The summed E-state index contributed by atoms with van der Waals surface area (Å²) in [6, 6.07) is 1.97. The highest BCUT2D eigenvalue weighted by atomic mass is 19.3. The second-order valence-electron chi connectivity index (χ2n) is 3.49. The van der Waals surface area contributed by atoms with Gasteiger partial charge in [0.05, 0.1) is 12.2 Å². The zero-order valence-electron chi connectivity index (χ0n) is 9.33. The topological polar surface area (TPSA) is 52.8 Å². The van der Waals surface area contributed by atoms with Crippen molar-refractivity contribution in [3.63, 3.8) is 0 Å². The average molecular weight is 226 g/mol. The minimum atomic E-state index is -2.47. The minimum absolute atomic E-state index is 0.200. The molecule has 4 nitrogen and oxygen atoms in total. The molecular weight excluding hydrogens is 214 g/mol. The van der Waals surface area contributed by atoms with E-state index in [0.29, 0.717) is 16.8 Å². The molecule has 0 spiro atoms. The van der Waals surface area contributed by atoms with Crippen LogP contribution in [0.3, 0.4) is 0 Å². The van der Waals surface area contributed by atoms with E-state index in [1.54, 1.807) is 13.8 Å². The van der Waals surface area contributed by atoms with Crippen LogP contribution in [0.2, 0.25) is 0 Å². The highest BCUT2D eigenvalue weighted by Gasteiger charge is 2.17. The normalized spacial score (nSPS) is 10.3. The van der Waals surface area contributed by atoms with Gasteiger partial charge in [0.15, 0.2) is 5.82 Å². The van der Waals surface area contributed by atoms with E-state index in [2.05, 4.69) is 10.2 Å². The molecule has 0 radical (unpaired) electrons. The first-order valence-electron chi connectivity index (χ1n) is 4.70. The number of hydrogen-bond acceptors (Lipinski definition) is 4. The molecule has 6 heteroatoms. The Bertz CT molecular complexity index is 426. The van der Waals surface area contributed by atoms with Gasteiger partial charge in [-0.3, -0.25) is 0 Å². The lowest BCUT2D eigenvalue weighted by molar-refractivity contribution is 0.156. The van der Waals surface area contributed by atoms with Gasteiger partial charge in [0.2, 0.25) is 0 Å². The summed E-state index contributed by atoms with van der Waals surface area (Å²) < 4.78 is 24.4. The Morgan fingerprint density at radius 2 is 2.00 bits per heavy atom. The summed E-state index contributed by atoms with van der Waals surface area (Å²) >= 11 is 0. The number of aryl methyl sites for hydroxylation is 1. The van der Waals surface area contributed by atoms with Crippen LogP contribution < -0.4 is 4.90 Å². The van der Waals surface area contributed by atoms with Crippen LogP contribution in [-0.4, -0.2) is 30.2 Å². The van der Waals surface area contributed by atoms with E-state index >= 15 is 0 Å². The maximum atomic E-state index is 12.2. The van der Waals surface area contributed by atoms with Crippen molar-refractivity contribution in [1.82, 2.24) is 10.2 Å². The summed E-state index contributed by atoms with van der Waals surface area (Å²) in [5.41, 5.74) is 1.61. The lowest BCUT2D eigenvalue weighted by atomic mass is 10.1. The molecule has 16 heavy (non-hydrogen) atoms. The van der Waals surface area contributed by atoms with Crippen LogP contribution in [0.15, 0.2) is 0 Å². The van der Waals surface area contributed by atoms with E-state index in [0.717, 1.165) is 0 Å². The van der Waals surface area contributed by atoms with Crippen LogP contribution in [0.1, 0.15) is 16.8 Å². The number of nitriles is 1. The Morgan fingerprint density at radius 1 is 1.38 bits per heavy atom. The maximum Gasteiger partial charge on any atom is 0.255 e. The predicted octanol–water partition coefficient (Wildman–Crippen LogP) is 1.67. The SMILES string of the molecule is Cc1nnc(N(C)CC(F)F)c(C#N)c1C. The van der Waals surface area contributed by atoms with Crippen molar-refractivity contribution in [1.29, 1.82) is 5.26 Å². The van der Waals surface area contributed by atoms with Crippen molar-refractivity contribution < 1.29 is 8.78 Å². The fraction of sp³-hybridized carbons (Fsp3) is 0.500. The molecule has 1 heterocycles. The molecule has 0 bridgehead atoms. The first-order valence-corrected chi connectivity index (χ1v) is 4.70. The van der Waals surface area contributed by atoms with E-state index < -0.39 is 13.0 Å². The van der Waals surface area contributed by atoms with Crippen molar-refractivity contribution in [2.45, 2.75) is 20.3 Å². The molecule has 0 unspecified atom stereocenters. The fourth-order valence-electron chi connectivity index (χ4n) is 1.29. The second-order valence-corrected chi connectivity index (χ2v) is 3.49. The Hall–Kier alpha value is -1.77. The third-order valence-corrected chi connectivity index (χ3v) is 2.32. The number of halogens is 2.